The van der Waals surface area contributed by atoms with Crippen LogP contribution in [-0.4, -0.2) is 36.0 Å². The van der Waals surface area contributed by atoms with Crippen LogP contribution in [0.2, 0.25) is 0 Å². The highest BCUT2D eigenvalue weighted by atomic mass is 32.2. The maximum absolute atomic E-state index is 12.0. The van der Waals surface area contributed by atoms with Gasteiger partial charge in [0.2, 0.25) is 11.8 Å². The molecule has 1 N–H and O–H groups in total. The number of anilines is 2. The highest BCUT2D eigenvalue weighted by molar-refractivity contribution is 7.99. The number of carbonyl (C=O) groups excluding carboxylic acids is 1. The zero-order chi connectivity index (χ0) is 17.6. The van der Waals surface area contributed by atoms with Crippen LogP contribution in [0.3, 0.4) is 0 Å². The third-order valence-corrected chi connectivity index (χ3v) is 4.24. The molecule has 1 heterocycles. The summed E-state index contributed by atoms with van der Waals surface area (Å²) in [5.41, 5.74) is 2.69. The minimum absolute atomic E-state index is 0.123. The fraction of sp³-hybridized carbons (Fsp3) is 0.167. The maximum Gasteiger partial charge on any atom is 0.277 e. The molecular weight excluding hydrogens is 336 g/mol. The fourth-order valence-corrected chi connectivity index (χ4v) is 2.70. The van der Waals surface area contributed by atoms with E-state index < -0.39 is 0 Å². The van der Waals surface area contributed by atoms with Crippen LogP contribution in [0.25, 0.3) is 11.5 Å². The van der Waals surface area contributed by atoms with Gasteiger partial charge in [0.25, 0.3) is 5.22 Å². The van der Waals surface area contributed by atoms with Gasteiger partial charge in [0.15, 0.2) is 0 Å². The second kappa shape index (κ2) is 7.85. The molecular formula is C18H18N4O2S. The van der Waals surface area contributed by atoms with Gasteiger partial charge >= 0.3 is 0 Å². The predicted octanol–water partition coefficient (Wildman–Crippen LogP) is 3.53. The number of aromatic nitrogens is 2. The molecule has 0 aliphatic rings. The van der Waals surface area contributed by atoms with Crippen LogP contribution in [0.5, 0.6) is 0 Å². The van der Waals surface area contributed by atoms with Crippen LogP contribution in [0.1, 0.15) is 0 Å². The van der Waals surface area contributed by atoms with Crippen LogP contribution < -0.4 is 10.2 Å². The zero-order valence-electron chi connectivity index (χ0n) is 14.0. The Morgan fingerprint density at radius 3 is 2.48 bits per heavy atom. The molecule has 0 bridgehead atoms. The number of rotatable bonds is 6. The summed E-state index contributed by atoms with van der Waals surface area (Å²) in [5.74, 6) is 0.524. The van der Waals surface area contributed by atoms with Gasteiger partial charge in [-0.15, -0.1) is 10.2 Å². The largest absolute Gasteiger partial charge is 0.411 e. The van der Waals surface area contributed by atoms with Crippen LogP contribution in [0.4, 0.5) is 11.4 Å². The van der Waals surface area contributed by atoms with E-state index in [0.717, 1.165) is 16.9 Å². The molecule has 0 saturated carbocycles. The summed E-state index contributed by atoms with van der Waals surface area (Å²) in [6, 6.07) is 17.2. The molecule has 0 spiro atoms. The van der Waals surface area contributed by atoms with Gasteiger partial charge in [-0.3, -0.25) is 4.79 Å². The second-order valence-electron chi connectivity index (χ2n) is 5.52. The second-order valence-corrected chi connectivity index (χ2v) is 6.44. The van der Waals surface area contributed by atoms with Crippen LogP contribution in [0.15, 0.2) is 64.2 Å². The Morgan fingerprint density at radius 1 is 1.08 bits per heavy atom. The number of nitrogens with one attached hydrogen (secondary N) is 1. The number of thioether (sulfide) groups is 1. The standard InChI is InChI=1S/C18H18N4O2S/c1-22(2)15-10-8-14(9-11-15)19-16(23)12-25-18-21-20-17(24-18)13-6-4-3-5-7-13/h3-11H,12H2,1-2H3,(H,19,23). The fourth-order valence-electron chi connectivity index (χ4n) is 2.13. The van der Waals surface area contributed by atoms with Gasteiger partial charge in [0.05, 0.1) is 5.75 Å². The molecule has 2 aromatic carbocycles. The van der Waals surface area contributed by atoms with Gasteiger partial charge in [0, 0.05) is 31.0 Å². The number of nitrogens with zero attached hydrogens (tertiary/aromatic N) is 3. The first-order valence-corrected chi connectivity index (χ1v) is 8.69. The smallest absolute Gasteiger partial charge is 0.277 e. The van der Waals surface area contributed by atoms with Crippen LogP contribution in [0, 0.1) is 0 Å². The van der Waals surface area contributed by atoms with Gasteiger partial charge in [-0.1, -0.05) is 30.0 Å². The molecule has 0 aliphatic heterocycles. The lowest BCUT2D eigenvalue weighted by molar-refractivity contribution is -0.113. The quantitative estimate of drug-likeness (QED) is 0.683. The number of benzene rings is 2. The molecule has 0 aliphatic carbocycles. The molecule has 0 atom stereocenters. The van der Waals surface area contributed by atoms with Crippen molar-refractivity contribution in [3.63, 3.8) is 0 Å². The van der Waals surface area contributed by atoms with E-state index in [0.29, 0.717) is 11.1 Å². The van der Waals surface area contributed by atoms with E-state index in [-0.39, 0.29) is 11.7 Å². The molecule has 7 heteroatoms. The average Bonchev–Trinajstić information content (AvgIpc) is 3.10. The first-order valence-electron chi connectivity index (χ1n) is 7.71. The van der Waals surface area contributed by atoms with Crippen molar-refractivity contribution in [3.8, 4) is 11.5 Å². The van der Waals surface area contributed by atoms with Gasteiger partial charge in [-0.25, -0.2) is 0 Å². The van der Waals surface area contributed by atoms with Crippen molar-refractivity contribution >= 4 is 29.0 Å². The first-order chi connectivity index (χ1) is 12.1. The van der Waals surface area contributed by atoms with Gasteiger partial charge in [-0.05, 0) is 36.4 Å². The Kier molecular flexibility index (Phi) is 5.35. The van der Waals surface area contributed by atoms with Crippen molar-refractivity contribution in [1.82, 2.24) is 10.2 Å². The van der Waals surface area contributed by atoms with E-state index in [2.05, 4.69) is 15.5 Å². The molecule has 25 heavy (non-hydrogen) atoms. The highest BCUT2D eigenvalue weighted by Gasteiger charge is 2.11. The summed E-state index contributed by atoms with van der Waals surface area (Å²) in [6.45, 7) is 0. The predicted molar refractivity (Wildman–Crippen MR) is 99.9 cm³/mol. The van der Waals surface area contributed by atoms with Crippen LogP contribution >= 0.6 is 11.8 Å². The van der Waals surface area contributed by atoms with Crippen molar-refractivity contribution in [1.29, 1.82) is 0 Å². The lowest BCUT2D eigenvalue weighted by Gasteiger charge is -2.12. The average molecular weight is 354 g/mol. The van der Waals surface area contributed by atoms with Gasteiger partial charge in [0.1, 0.15) is 0 Å². The lowest BCUT2D eigenvalue weighted by Crippen LogP contribution is -2.14. The third kappa shape index (κ3) is 4.60. The first kappa shape index (κ1) is 17.0. The monoisotopic (exact) mass is 354 g/mol. The van der Waals surface area contributed by atoms with Crippen molar-refractivity contribution in [2.24, 2.45) is 0 Å². The molecule has 0 unspecified atom stereocenters. The molecule has 128 valence electrons. The molecule has 3 aromatic rings. The number of carbonyl (C=O) groups is 1. The van der Waals surface area contributed by atoms with Crippen molar-refractivity contribution in [3.05, 3.63) is 54.6 Å². The summed E-state index contributed by atoms with van der Waals surface area (Å²) >= 11 is 1.21. The summed E-state index contributed by atoms with van der Waals surface area (Å²) in [5, 5.41) is 11.2. The van der Waals surface area contributed by atoms with Gasteiger partial charge in [-0.2, -0.15) is 0 Å². The van der Waals surface area contributed by atoms with Crippen molar-refractivity contribution in [2.75, 3.05) is 30.1 Å². The molecule has 0 saturated heterocycles. The highest BCUT2D eigenvalue weighted by Crippen LogP contribution is 2.23. The number of hydrogen-bond acceptors (Lipinski definition) is 6. The Balaban J connectivity index is 1.53. The van der Waals surface area contributed by atoms with E-state index in [1.54, 1.807) is 0 Å². The molecule has 6 nitrogen and oxygen atoms in total. The minimum Gasteiger partial charge on any atom is -0.411 e. The Hall–Kier alpha value is -2.80. The number of hydrogen-bond donors (Lipinski definition) is 1. The normalized spacial score (nSPS) is 10.5. The third-order valence-electron chi connectivity index (χ3n) is 3.42. The molecule has 1 aromatic heterocycles. The van der Waals surface area contributed by atoms with Crippen LogP contribution in [-0.2, 0) is 4.79 Å². The lowest BCUT2D eigenvalue weighted by atomic mass is 10.2. The SMILES string of the molecule is CN(C)c1ccc(NC(=O)CSc2nnc(-c3ccccc3)o2)cc1. The van der Waals surface area contributed by atoms with Gasteiger partial charge < -0.3 is 14.6 Å². The van der Waals surface area contributed by atoms with Crippen molar-refractivity contribution < 1.29 is 9.21 Å². The molecule has 0 radical (unpaired) electrons. The molecule has 1 amide bonds. The topological polar surface area (TPSA) is 71.3 Å². The molecule has 0 fully saturated rings. The minimum atomic E-state index is -0.123. The van der Waals surface area contributed by atoms with E-state index in [1.807, 2.05) is 73.6 Å². The Bertz CT molecular complexity index is 832. The maximum atomic E-state index is 12.0. The Labute approximate surface area is 150 Å². The van der Waals surface area contributed by atoms with E-state index in [9.17, 15) is 4.79 Å². The Morgan fingerprint density at radius 2 is 1.80 bits per heavy atom. The molecule has 3 rings (SSSR count). The summed E-state index contributed by atoms with van der Waals surface area (Å²) in [4.78, 5) is 14.1. The van der Waals surface area contributed by atoms with E-state index in [1.165, 1.54) is 11.8 Å². The van der Waals surface area contributed by atoms with E-state index in [4.69, 9.17) is 4.42 Å². The number of amides is 1. The summed E-state index contributed by atoms with van der Waals surface area (Å²) < 4.78 is 5.57. The summed E-state index contributed by atoms with van der Waals surface area (Å²) in [7, 11) is 3.94. The summed E-state index contributed by atoms with van der Waals surface area (Å²) in [6.07, 6.45) is 0. The van der Waals surface area contributed by atoms with E-state index >= 15 is 0 Å². The zero-order valence-corrected chi connectivity index (χ0v) is 14.8. The van der Waals surface area contributed by atoms with Crippen molar-refractivity contribution in [2.45, 2.75) is 5.22 Å².